The molecule has 19 heavy (non-hydrogen) atoms. The number of nitrogens with two attached hydrogens (primary N) is 1. The number of nitrogen functional groups attached to an aromatic ring is 1. The first-order valence-electron chi connectivity index (χ1n) is 5.61. The third-order valence-electron chi connectivity index (χ3n) is 2.75. The predicted molar refractivity (Wildman–Crippen MR) is 76.7 cm³/mol. The maximum Gasteiger partial charge on any atom is 0.261 e. The van der Waals surface area contributed by atoms with E-state index >= 15 is 0 Å². The van der Waals surface area contributed by atoms with Crippen LogP contribution in [0.25, 0.3) is 0 Å². The van der Waals surface area contributed by atoms with Gasteiger partial charge in [0.25, 0.3) is 5.91 Å². The molecule has 0 saturated heterocycles. The van der Waals surface area contributed by atoms with Crippen LogP contribution >= 0.6 is 11.6 Å². The van der Waals surface area contributed by atoms with E-state index in [0.717, 1.165) is 0 Å². The van der Waals surface area contributed by atoms with Gasteiger partial charge in [0.1, 0.15) is 5.75 Å². The number of amides is 1. The molecule has 0 unspecified atom stereocenters. The monoisotopic (exact) mass is 276 g/mol. The molecule has 2 rings (SSSR count). The van der Waals surface area contributed by atoms with E-state index in [1.165, 1.54) is 23.1 Å². The Balaban J connectivity index is 2.36. The van der Waals surface area contributed by atoms with Crippen molar-refractivity contribution in [2.45, 2.75) is 0 Å². The summed E-state index contributed by atoms with van der Waals surface area (Å²) in [6, 6.07) is 11.3. The van der Waals surface area contributed by atoms with Crippen molar-refractivity contribution in [3.63, 3.8) is 0 Å². The highest BCUT2D eigenvalue weighted by Gasteiger charge is 2.17. The van der Waals surface area contributed by atoms with E-state index in [-0.39, 0.29) is 17.2 Å². The van der Waals surface area contributed by atoms with Crippen molar-refractivity contribution in [2.75, 3.05) is 17.7 Å². The fraction of sp³-hybridized carbons (Fsp3) is 0.0714. The van der Waals surface area contributed by atoms with Crippen LogP contribution in [0.5, 0.6) is 5.75 Å². The maximum absolute atomic E-state index is 12.3. The van der Waals surface area contributed by atoms with Crippen molar-refractivity contribution >= 4 is 28.9 Å². The number of phenols is 1. The van der Waals surface area contributed by atoms with E-state index in [9.17, 15) is 9.90 Å². The van der Waals surface area contributed by atoms with Crippen molar-refractivity contribution in [1.82, 2.24) is 0 Å². The van der Waals surface area contributed by atoms with Crippen molar-refractivity contribution in [3.05, 3.63) is 53.1 Å². The van der Waals surface area contributed by atoms with Crippen LogP contribution in [-0.4, -0.2) is 18.1 Å². The van der Waals surface area contributed by atoms with Gasteiger partial charge in [-0.1, -0.05) is 17.7 Å². The summed E-state index contributed by atoms with van der Waals surface area (Å²) in [5, 5.41) is 10.1. The van der Waals surface area contributed by atoms with Crippen molar-refractivity contribution in [1.29, 1.82) is 0 Å². The van der Waals surface area contributed by atoms with Gasteiger partial charge < -0.3 is 15.7 Å². The number of carbonyl (C=O) groups excluding carboxylic acids is 1. The topological polar surface area (TPSA) is 66.6 Å². The van der Waals surface area contributed by atoms with E-state index in [0.29, 0.717) is 16.4 Å². The minimum absolute atomic E-state index is 0.106. The van der Waals surface area contributed by atoms with Gasteiger partial charge in [-0.2, -0.15) is 0 Å². The van der Waals surface area contributed by atoms with Crippen LogP contribution in [0.15, 0.2) is 42.5 Å². The molecule has 0 aliphatic heterocycles. The summed E-state index contributed by atoms with van der Waals surface area (Å²) >= 11 is 5.83. The molecule has 3 N–H and O–H groups in total. The molecule has 98 valence electrons. The van der Waals surface area contributed by atoms with Crippen molar-refractivity contribution in [3.8, 4) is 5.75 Å². The molecule has 1 amide bonds. The second kappa shape index (κ2) is 5.20. The molecule has 0 fully saturated rings. The Morgan fingerprint density at radius 3 is 2.68 bits per heavy atom. The van der Waals surface area contributed by atoms with Crippen LogP contribution in [0.2, 0.25) is 5.02 Å². The first-order valence-corrected chi connectivity index (χ1v) is 5.99. The summed E-state index contributed by atoms with van der Waals surface area (Å²) < 4.78 is 0. The van der Waals surface area contributed by atoms with Crippen LogP contribution < -0.4 is 10.6 Å². The highest BCUT2D eigenvalue weighted by molar-refractivity contribution is 6.31. The Hall–Kier alpha value is -2.20. The number of anilines is 2. The van der Waals surface area contributed by atoms with Crippen LogP contribution in [-0.2, 0) is 0 Å². The van der Waals surface area contributed by atoms with Gasteiger partial charge in [0, 0.05) is 23.4 Å². The summed E-state index contributed by atoms with van der Waals surface area (Å²) in [5.41, 5.74) is 7.04. The Labute approximate surface area is 116 Å². The standard InChI is InChI=1S/C14H13ClN2O2/c1-17(11-4-2-3-10(16)8-11)14(19)12-7-9(15)5-6-13(12)18/h2-8,18H,16H2,1H3. The number of nitrogens with zero attached hydrogens (tertiary/aromatic N) is 1. The van der Waals surface area contributed by atoms with E-state index < -0.39 is 0 Å². The molecule has 0 aliphatic carbocycles. The van der Waals surface area contributed by atoms with E-state index in [1.807, 2.05) is 0 Å². The maximum atomic E-state index is 12.3. The molecule has 0 atom stereocenters. The molecule has 5 heteroatoms. The molecule has 0 bridgehead atoms. The van der Waals surface area contributed by atoms with Gasteiger partial charge in [-0.05, 0) is 36.4 Å². The fourth-order valence-corrected chi connectivity index (χ4v) is 1.88. The molecular weight excluding hydrogens is 264 g/mol. The lowest BCUT2D eigenvalue weighted by Crippen LogP contribution is -2.26. The first kappa shape index (κ1) is 13.2. The van der Waals surface area contributed by atoms with Gasteiger partial charge in [0.15, 0.2) is 0 Å². The summed E-state index contributed by atoms with van der Waals surface area (Å²) in [6.07, 6.45) is 0. The Morgan fingerprint density at radius 1 is 1.26 bits per heavy atom. The predicted octanol–water partition coefficient (Wildman–Crippen LogP) is 2.90. The van der Waals surface area contributed by atoms with Gasteiger partial charge in [0.2, 0.25) is 0 Å². The fourth-order valence-electron chi connectivity index (χ4n) is 1.71. The molecule has 0 spiro atoms. The number of aromatic hydroxyl groups is 1. The van der Waals surface area contributed by atoms with E-state index in [1.54, 1.807) is 31.3 Å². The zero-order chi connectivity index (χ0) is 14.0. The molecule has 0 aliphatic rings. The number of halogens is 1. The van der Waals surface area contributed by atoms with Crippen LogP contribution in [0.4, 0.5) is 11.4 Å². The zero-order valence-electron chi connectivity index (χ0n) is 10.3. The minimum atomic E-state index is -0.356. The summed E-state index contributed by atoms with van der Waals surface area (Å²) in [6.45, 7) is 0. The van der Waals surface area contributed by atoms with Gasteiger partial charge >= 0.3 is 0 Å². The molecule has 2 aromatic carbocycles. The van der Waals surface area contributed by atoms with E-state index in [2.05, 4.69) is 0 Å². The van der Waals surface area contributed by atoms with Crippen molar-refractivity contribution < 1.29 is 9.90 Å². The lowest BCUT2D eigenvalue weighted by molar-refractivity contribution is 0.0990. The van der Waals surface area contributed by atoms with Crippen LogP contribution in [0.1, 0.15) is 10.4 Å². The Morgan fingerprint density at radius 2 is 2.00 bits per heavy atom. The molecule has 4 nitrogen and oxygen atoms in total. The summed E-state index contributed by atoms with van der Waals surface area (Å²) in [4.78, 5) is 13.7. The Bertz CT molecular complexity index is 629. The number of benzene rings is 2. The van der Waals surface area contributed by atoms with Crippen LogP contribution in [0.3, 0.4) is 0 Å². The highest BCUT2D eigenvalue weighted by atomic mass is 35.5. The normalized spacial score (nSPS) is 10.2. The molecule has 0 saturated carbocycles. The second-order valence-corrected chi connectivity index (χ2v) is 4.56. The third kappa shape index (κ3) is 2.80. The number of rotatable bonds is 2. The van der Waals surface area contributed by atoms with Gasteiger partial charge in [-0.15, -0.1) is 0 Å². The smallest absolute Gasteiger partial charge is 0.261 e. The largest absolute Gasteiger partial charge is 0.507 e. The molecular formula is C14H13ClN2O2. The molecule has 0 heterocycles. The highest BCUT2D eigenvalue weighted by Crippen LogP contribution is 2.25. The summed E-state index contributed by atoms with van der Waals surface area (Å²) in [5.74, 6) is -0.462. The molecule has 2 aromatic rings. The molecule has 0 aromatic heterocycles. The van der Waals surface area contributed by atoms with Gasteiger partial charge in [-0.3, -0.25) is 4.79 Å². The van der Waals surface area contributed by atoms with Crippen LogP contribution in [0, 0.1) is 0 Å². The number of hydrogen-bond acceptors (Lipinski definition) is 3. The Kier molecular flexibility index (Phi) is 3.62. The quantitative estimate of drug-likeness (QED) is 0.829. The third-order valence-corrected chi connectivity index (χ3v) is 2.99. The molecule has 0 radical (unpaired) electrons. The number of carbonyl (C=O) groups is 1. The number of hydrogen-bond donors (Lipinski definition) is 2. The second-order valence-electron chi connectivity index (χ2n) is 4.12. The number of phenolic OH excluding ortho intramolecular Hbond substituents is 1. The van der Waals surface area contributed by atoms with Gasteiger partial charge in [-0.25, -0.2) is 0 Å². The van der Waals surface area contributed by atoms with Gasteiger partial charge in [0.05, 0.1) is 5.56 Å². The van der Waals surface area contributed by atoms with Crippen molar-refractivity contribution in [2.24, 2.45) is 0 Å². The average Bonchev–Trinajstić information content (AvgIpc) is 2.40. The lowest BCUT2D eigenvalue weighted by Gasteiger charge is -2.18. The zero-order valence-corrected chi connectivity index (χ0v) is 11.1. The lowest BCUT2D eigenvalue weighted by atomic mass is 10.1. The average molecular weight is 277 g/mol. The SMILES string of the molecule is CN(C(=O)c1cc(Cl)ccc1O)c1cccc(N)c1. The summed E-state index contributed by atoms with van der Waals surface area (Å²) in [7, 11) is 1.61. The first-order chi connectivity index (χ1) is 8.99. The van der Waals surface area contributed by atoms with E-state index in [4.69, 9.17) is 17.3 Å². The minimum Gasteiger partial charge on any atom is -0.507 e.